The number of nitrogens with one attached hydrogen (secondary N) is 2. The number of benzene rings is 1. The summed E-state index contributed by atoms with van der Waals surface area (Å²) in [6.07, 6.45) is 0. The Kier molecular flexibility index (Phi) is 4.52. The van der Waals surface area contributed by atoms with Crippen molar-refractivity contribution < 1.29 is 18.3 Å². The number of amides is 1. The van der Waals surface area contributed by atoms with E-state index < -0.39 is 6.61 Å². The molecule has 1 aromatic carbocycles. The van der Waals surface area contributed by atoms with Crippen LogP contribution in [0.2, 0.25) is 0 Å². The smallest absolute Gasteiger partial charge is 0.387 e. The second kappa shape index (κ2) is 6.34. The van der Waals surface area contributed by atoms with Crippen LogP contribution in [0.5, 0.6) is 5.75 Å². The van der Waals surface area contributed by atoms with Crippen LogP contribution in [0.4, 0.5) is 8.78 Å². The summed E-state index contributed by atoms with van der Waals surface area (Å²) in [5, 5.41) is 9.33. The highest BCUT2D eigenvalue weighted by Gasteiger charge is 2.16. The van der Waals surface area contributed by atoms with Crippen molar-refractivity contribution in [3.05, 3.63) is 46.8 Å². The molecule has 0 fully saturated rings. The minimum Gasteiger partial charge on any atom is -0.434 e. The number of carbonyl (C=O) groups excluding carboxylic acids is 1. The molecule has 0 aliphatic heterocycles. The number of aryl methyl sites for hydroxylation is 2. The van der Waals surface area contributed by atoms with Crippen molar-refractivity contribution >= 4 is 5.91 Å². The standard InChI is InChI=1S/C14H15F2N3O2/c1-8-12(9(2)19-18-8)13(20)17-7-10-5-3-4-6-11(10)21-14(15)16/h3-6,14H,7H2,1-2H3,(H,17,20)(H,18,19). The van der Waals surface area contributed by atoms with Gasteiger partial charge in [-0.2, -0.15) is 13.9 Å². The van der Waals surface area contributed by atoms with E-state index in [4.69, 9.17) is 0 Å². The Hall–Kier alpha value is -2.44. The molecule has 0 radical (unpaired) electrons. The van der Waals surface area contributed by atoms with Crippen molar-refractivity contribution in [1.82, 2.24) is 15.5 Å². The lowest BCUT2D eigenvalue weighted by atomic mass is 10.1. The number of hydrogen-bond acceptors (Lipinski definition) is 3. The Balaban J connectivity index is 2.08. The molecule has 21 heavy (non-hydrogen) atoms. The zero-order chi connectivity index (χ0) is 15.4. The van der Waals surface area contributed by atoms with Crippen LogP contribution in [0.1, 0.15) is 27.3 Å². The number of aromatic amines is 1. The van der Waals surface area contributed by atoms with Gasteiger partial charge in [-0.25, -0.2) is 0 Å². The lowest BCUT2D eigenvalue weighted by molar-refractivity contribution is -0.0504. The minimum atomic E-state index is -2.90. The predicted octanol–water partition coefficient (Wildman–Crippen LogP) is 2.56. The van der Waals surface area contributed by atoms with Crippen LogP contribution in [0.25, 0.3) is 0 Å². The summed E-state index contributed by atoms with van der Waals surface area (Å²) in [5.74, 6) is -0.265. The highest BCUT2D eigenvalue weighted by molar-refractivity contribution is 5.96. The average molecular weight is 295 g/mol. The zero-order valence-electron chi connectivity index (χ0n) is 11.6. The summed E-state index contributed by atoms with van der Waals surface area (Å²) in [6, 6.07) is 6.33. The van der Waals surface area contributed by atoms with Crippen molar-refractivity contribution in [3.63, 3.8) is 0 Å². The van der Waals surface area contributed by atoms with Gasteiger partial charge in [-0.3, -0.25) is 9.89 Å². The van der Waals surface area contributed by atoms with E-state index in [0.717, 1.165) is 0 Å². The van der Waals surface area contributed by atoms with E-state index in [1.807, 2.05) is 0 Å². The molecule has 0 saturated carbocycles. The highest BCUT2D eigenvalue weighted by atomic mass is 19.3. The monoisotopic (exact) mass is 295 g/mol. The molecular formula is C14H15F2N3O2. The summed E-state index contributed by atoms with van der Waals surface area (Å²) in [4.78, 5) is 12.1. The van der Waals surface area contributed by atoms with Gasteiger partial charge in [0.1, 0.15) is 5.75 Å². The number of alkyl halides is 2. The fraction of sp³-hybridized carbons (Fsp3) is 0.286. The Morgan fingerprint density at radius 3 is 2.71 bits per heavy atom. The topological polar surface area (TPSA) is 67.0 Å². The van der Waals surface area contributed by atoms with Crippen molar-refractivity contribution in [2.24, 2.45) is 0 Å². The van der Waals surface area contributed by atoms with E-state index in [0.29, 0.717) is 22.5 Å². The van der Waals surface area contributed by atoms with Crippen molar-refractivity contribution in [3.8, 4) is 5.75 Å². The molecule has 2 aromatic rings. The maximum absolute atomic E-state index is 12.3. The maximum atomic E-state index is 12.3. The molecule has 1 heterocycles. The molecule has 0 aliphatic rings. The molecule has 5 nitrogen and oxygen atoms in total. The molecule has 0 bridgehead atoms. The number of para-hydroxylation sites is 1. The number of ether oxygens (including phenoxy) is 1. The second-order valence-electron chi connectivity index (χ2n) is 4.48. The van der Waals surface area contributed by atoms with Crippen LogP contribution in [-0.2, 0) is 6.54 Å². The minimum absolute atomic E-state index is 0.0495. The van der Waals surface area contributed by atoms with Gasteiger partial charge < -0.3 is 10.1 Å². The SMILES string of the molecule is Cc1n[nH]c(C)c1C(=O)NCc1ccccc1OC(F)F. The molecule has 2 N–H and O–H groups in total. The number of nitrogens with zero attached hydrogens (tertiary/aromatic N) is 1. The van der Waals surface area contributed by atoms with Crippen molar-refractivity contribution in [2.75, 3.05) is 0 Å². The molecule has 0 saturated heterocycles. The first kappa shape index (κ1) is 15.0. The molecule has 0 spiro atoms. The van der Waals surface area contributed by atoms with Gasteiger partial charge in [0.05, 0.1) is 11.3 Å². The average Bonchev–Trinajstić information content (AvgIpc) is 2.76. The predicted molar refractivity (Wildman–Crippen MR) is 72.3 cm³/mol. The molecule has 1 amide bonds. The summed E-state index contributed by atoms with van der Waals surface area (Å²) in [6.45, 7) is 0.640. The Bertz CT molecular complexity index is 621. The van der Waals surface area contributed by atoms with Crippen molar-refractivity contribution in [2.45, 2.75) is 27.0 Å². The molecule has 0 aliphatic carbocycles. The first-order valence-electron chi connectivity index (χ1n) is 6.31. The summed E-state index contributed by atoms with van der Waals surface area (Å²) in [7, 11) is 0. The van der Waals surface area contributed by atoms with Crippen LogP contribution in [0, 0.1) is 13.8 Å². The van der Waals surface area contributed by atoms with Crippen LogP contribution in [-0.4, -0.2) is 22.7 Å². The molecule has 2 rings (SSSR count). The normalized spacial score (nSPS) is 10.7. The van der Waals surface area contributed by atoms with Gasteiger partial charge in [0.25, 0.3) is 5.91 Å². The first-order chi connectivity index (χ1) is 9.99. The fourth-order valence-corrected chi connectivity index (χ4v) is 2.01. The van der Waals surface area contributed by atoms with Crippen LogP contribution in [0.15, 0.2) is 24.3 Å². The lowest BCUT2D eigenvalue weighted by Gasteiger charge is -2.11. The molecule has 112 valence electrons. The van der Waals surface area contributed by atoms with Gasteiger partial charge in [0, 0.05) is 17.8 Å². The lowest BCUT2D eigenvalue weighted by Crippen LogP contribution is -2.24. The number of carbonyl (C=O) groups is 1. The number of aromatic nitrogens is 2. The summed E-state index contributed by atoms with van der Waals surface area (Å²) < 4.78 is 29.0. The fourth-order valence-electron chi connectivity index (χ4n) is 2.01. The van der Waals surface area contributed by atoms with E-state index in [1.165, 1.54) is 6.07 Å². The molecular weight excluding hydrogens is 280 g/mol. The summed E-state index contributed by atoms with van der Waals surface area (Å²) >= 11 is 0. The van der Waals surface area contributed by atoms with Crippen LogP contribution in [0.3, 0.4) is 0 Å². The number of halogens is 2. The van der Waals surface area contributed by atoms with Gasteiger partial charge in [-0.15, -0.1) is 0 Å². The highest BCUT2D eigenvalue weighted by Crippen LogP contribution is 2.20. The Labute approximate surface area is 120 Å². The van der Waals surface area contributed by atoms with Gasteiger partial charge >= 0.3 is 6.61 Å². The van der Waals surface area contributed by atoms with E-state index in [-0.39, 0.29) is 18.2 Å². The third-order valence-electron chi connectivity index (χ3n) is 2.98. The molecule has 7 heteroatoms. The van der Waals surface area contributed by atoms with Crippen LogP contribution >= 0.6 is 0 Å². The maximum Gasteiger partial charge on any atom is 0.387 e. The van der Waals surface area contributed by atoms with E-state index in [1.54, 1.807) is 32.0 Å². The van der Waals surface area contributed by atoms with E-state index in [9.17, 15) is 13.6 Å². The number of rotatable bonds is 5. The van der Waals surface area contributed by atoms with Gasteiger partial charge in [0.2, 0.25) is 0 Å². The van der Waals surface area contributed by atoms with Crippen molar-refractivity contribution in [1.29, 1.82) is 0 Å². The molecule has 0 atom stereocenters. The third-order valence-corrected chi connectivity index (χ3v) is 2.98. The van der Waals surface area contributed by atoms with Gasteiger partial charge in [-0.05, 0) is 19.9 Å². The van der Waals surface area contributed by atoms with E-state index >= 15 is 0 Å². The Morgan fingerprint density at radius 1 is 1.38 bits per heavy atom. The Morgan fingerprint density at radius 2 is 2.10 bits per heavy atom. The second-order valence-corrected chi connectivity index (χ2v) is 4.48. The molecule has 1 aromatic heterocycles. The number of H-pyrrole nitrogens is 1. The quantitative estimate of drug-likeness (QED) is 0.891. The third kappa shape index (κ3) is 3.56. The first-order valence-corrected chi connectivity index (χ1v) is 6.31. The largest absolute Gasteiger partial charge is 0.434 e. The molecule has 0 unspecified atom stereocenters. The van der Waals surface area contributed by atoms with Gasteiger partial charge in [-0.1, -0.05) is 18.2 Å². The van der Waals surface area contributed by atoms with E-state index in [2.05, 4.69) is 20.3 Å². The number of hydrogen-bond donors (Lipinski definition) is 2. The van der Waals surface area contributed by atoms with Crippen LogP contribution < -0.4 is 10.1 Å². The zero-order valence-corrected chi connectivity index (χ0v) is 11.6. The summed E-state index contributed by atoms with van der Waals surface area (Å²) in [5.41, 5.74) is 2.18. The van der Waals surface area contributed by atoms with Gasteiger partial charge in [0.15, 0.2) is 0 Å².